The summed E-state index contributed by atoms with van der Waals surface area (Å²) in [4.78, 5) is 0. The largest absolute Gasteiger partial charge is 0.494 e. The van der Waals surface area contributed by atoms with Gasteiger partial charge >= 0.3 is 0 Å². The highest BCUT2D eigenvalue weighted by atomic mass is 79.9. The third-order valence-corrected chi connectivity index (χ3v) is 3.18. The Bertz CT molecular complexity index is 358. The van der Waals surface area contributed by atoms with Crippen LogP contribution in [0.5, 0.6) is 5.75 Å². The van der Waals surface area contributed by atoms with Crippen molar-refractivity contribution in [3.63, 3.8) is 0 Å². The zero-order valence-corrected chi connectivity index (χ0v) is 13.5. The Kier molecular flexibility index (Phi) is 8.88. The fourth-order valence-corrected chi connectivity index (χ4v) is 2.18. The van der Waals surface area contributed by atoms with Crippen LogP contribution in [0.4, 0.5) is 0 Å². The van der Waals surface area contributed by atoms with Gasteiger partial charge in [-0.25, -0.2) is 0 Å². The van der Waals surface area contributed by atoms with Crippen molar-refractivity contribution >= 4 is 15.9 Å². The van der Waals surface area contributed by atoms with Crippen LogP contribution in [0.2, 0.25) is 0 Å². The van der Waals surface area contributed by atoms with Gasteiger partial charge < -0.3 is 14.8 Å². The first kappa shape index (κ1) is 16.5. The molecule has 0 saturated carbocycles. The molecule has 0 radical (unpaired) electrons. The van der Waals surface area contributed by atoms with E-state index in [2.05, 4.69) is 34.2 Å². The molecule has 0 aliphatic rings. The molecule has 0 amide bonds. The number of ether oxygens (including phenoxy) is 2. The van der Waals surface area contributed by atoms with Crippen LogP contribution < -0.4 is 10.1 Å². The summed E-state index contributed by atoms with van der Waals surface area (Å²) in [5.41, 5.74) is 1.19. The maximum Gasteiger partial charge on any atom is 0.122 e. The van der Waals surface area contributed by atoms with Crippen LogP contribution in [0.15, 0.2) is 22.7 Å². The molecule has 1 aromatic rings. The summed E-state index contributed by atoms with van der Waals surface area (Å²) in [5.74, 6) is 0.957. The van der Waals surface area contributed by atoms with Crippen LogP contribution in [0, 0.1) is 0 Å². The van der Waals surface area contributed by atoms with Gasteiger partial charge in [-0.1, -0.05) is 22.9 Å². The average molecular weight is 330 g/mol. The molecule has 1 rings (SSSR count). The summed E-state index contributed by atoms with van der Waals surface area (Å²) >= 11 is 3.49. The van der Waals surface area contributed by atoms with Crippen LogP contribution in [0.25, 0.3) is 0 Å². The third kappa shape index (κ3) is 6.95. The number of hydrogen-bond donors (Lipinski definition) is 1. The van der Waals surface area contributed by atoms with Crippen molar-refractivity contribution in [2.45, 2.75) is 26.7 Å². The average Bonchev–Trinajstić information content (AvgIpc) is 2.41. The summed E-state index contributed by atoms with van der Waals surface area (Å²) in [7, 11) is 0. The van der Waals surface area contributed by atoms with Crippen molar-refractivity contribution in [2.24, 2.45) is 0 Å². The van der Waals surface area contributed by atoms with E-state index < -0.39 is 0 Å². The van der Waals surface area contributed by atoms with Crippen molar-refractivity contribution < 1.29 is 9.47 Å². The maximum absolute atomic E-state index is 5.62. The van der Waals surface area contributed by atoms with E-state index in [1.807, 2.05) is 19.1 Å². The Morgan fingerprint density at radius 3 is 2.74 bits per heavy atom. The van der Waals surface area contributed by atoms with E-state index in [1.54, 1.807) is 0 Å². The first-order valence-electron chi connectivity index (χ1n) is 6.97. The zero-order valence-electron chi connectivity index (χ0n) is 11.9. The topological polar surface area (TPSA) is 30.5 Å². The van der Waals surface area contributed by atoms with Crippen LogP contribution in [0.1, 0.15) is 25.8 Å². The molecule has 1 aromatic carbocycles. The minimum Gasteiger partial charge on any atom is -0.494 e. The standard InChI is InChI=1S/C15H24BrNO2/c1-3-8-17-9-11-18-10-7-13-12-14(16)5-6-15(13)19-4-2/h5-6,12,17H,3-4,7-11H2,1-2H3. The SMILES string of the molecule is CCCNCCOCCc1cc(Br)ccc1OCC. The van der Waals surface area contributed by atoms with Crippen molar-refractivity contribution in [3.8, 4) is 5.75 Å². The summed E-state index contributed by atoms with van der Waals surface area (Å²) in [6, 6.07) is 6.11. The molecule has 0 unspecified atom stereocenters. The normalized spacial score (nSPS) is 10.7. The molecule has 1 N–H and O–H groups in total. The van der Waals surface area contributed by atoms with Crippen molar-refractivity contribution in [2.75, 3.05) is 32.9 Å². The molecule has 0 aromatic heterocycles. The van der Waals surface area contributed by atoms with Crippen molar-refractivity contribution in [3.05, 3.63) is 28.2 Å². The summed E-state index contributed by atoms with van der Waals surface area (Å²) < 4.78 is 12.3. The highest BCUT2D eigenvalue weighted by Gasteiger charge is 2.04. The molecule has 4 heteroatoms. The third-order valence-electron chi connectivity index (χ3n) is 2.69. The zero-order chi connectivity index (χ0) is 13.9. The van der Waals surface area contributed by atoms with E-state index in [0.29, 0.717) is 6.61 Å². The molecule has 0 atom stereocenters. The number of hydrogen-bond acceptors (Lipinski definition) is 3. The van der Waals surface area contributed by atoms with Crippen LogP contribution in [-0.2, 0) is 11.2 Å². The second kappa shape index (κ2) is 10.2. The number of nitrogens with one attached hydrogen (secondary N) is 1. The molecular formula is C15H24BrNO2. The summed E-state index contributed by atoms with van der Waals surface area (Å²) in [6.45, 7) is 8.32. The van der Waals surface area contributed by atoms with Gasteiger partial charge in [-0.2, -0.15) is 0 Å². The molecule has 0 aliphatic heterocycles. The molecule has 0 aliphatic carbocycles. The lowest BCUT2D eigenvalue weighted by molar-refractivity contribution is 0.138. The van der Waals surface area contributed by atoms with Gasteiger partial charge in [0, 0.05) is 11.0 Å². The number of rotatable bonds is 10. The molecule has 0 heterocycles. The lowest BCUT2D eigenvalue weighted by Crippen LogP contribution is -2.20. The Balaban J connectivity index is 2.29. The van der Waals surface area contributed by atoms with Gasteiger partial charge in [0.2, 0.25) is 0 Å². The Labute approximate surface area is 124 Å². The fraction of sp³-hybridized carbons (Fsp3) is 0.600. The molecule has 19 heavy (non-hydrogen) atoms. The first-order valence-corrected chi connectivity index (χ1v) is 7.77. The quantitative estimate of drug-likeness (QED) is 0.667. The van der Waals surface area contributed by atoms with Crippen LogP contribution in [0.3, 0.4) is 0 Å². The van der Waals surface area contributed by atoms with Gasteiger partial charge in [-0.05, 0) is 50.1 Å². The van der Waals surface area contributed by atoms with Gasteiger partial charge in [0.1, 0.15) is 5.75 Å². The predicted octanol–water partition coefficient (Wildman–Crippen LogP) is 3.41. The van der Waals surface area contributed by atoms with Gasteiger partial charge in [-0.15, -0.1) is 0 Å². The summed E-state index contributed by atoms with van der Waals surface area (Å²) in [6.07, 6.45) is 2.04. The molecule has 3 nitrogen and oxygen atoms in total. The van der Waals surface area contributed by atoms with Crippen LogP contribution >= 0.6 is 15.9 Å². The van der Waals surface area contributed by atoms with Gasteiger partial charge in [0.25, 0.3) is 0 Å². The smallest absolute Gasteiger partial charge is 0.122 e. The molecule has 0 spiro atoms. The minimum atomic E-state index is 0.691. The second-order valence-electron chi connectivity index (χ2n) is 4.30. The monoisotopic (exact) mass is 329 g/mol. The van der Waals surface area contributed by atoms with E-state index >= 15 is 0 Å². The second-order valence-corrected chi connectivity index (χ2v) is 5.21. The molecule has 0 saturated heterocycles. The van der Waals surface area contributed by atoms with Crippen molar-refractivity contribution in [1.29, 1.82) is 0 Å². The van der Waals surface area contributed by atoms with Crippen LogP contribution in [-0.4, -0.2) is 32.9 Å². The number of halogens is 1. The molecule has 108 valence electrons. The first-order chi connectivity index (χ1) is 9.27. The Hall–Kier alpha value is -0.580. The highest BCUT2D eigenvalue weighted by molar-refractivity contribution is 9.10. The minimum absolute atomic E-state index is 0.691. The number of benzene rings is 1. The van der Waals surface area contributed by atoms with E-state index in [1.165, 1.54) is 5.56 Å². The highest BCUT2D eigenvalue weighted by Crippen LogP contribution is 2.23. The fourth-order valence-electron chi connectivity index (χ4n) is 1.77. The lowest BCUT2D eigenvalue weighted by atomic mass is 10.1. The van der Waals surface area contributed by atoms with E-state index in [-0.39, 0.29) is 0 Å². The lowest BCUT2D eigenvalue weighted by Gasteiger charge is -2.11. The van der Waals surface area contributed by atoms with E-state index in [9.17, 15) is 0 Å². The Morgan fingerprint density at radius 2 is 2.00 bits per heavy atom. The summed E-state index contributed by atoms with van der Waals surface area (Å²) in [5, 5.41) is 3.32. The van der Waals surface area contributed by atoms with Gasteiger partial charge in [0.05, 0.1) is 19.8 Å². The molecule has 0 bridgehead atoms. The molecular weight excluding hydrogens is 306 g/mol. The van der Waals surface area contributed by atoms with Crippen molar-refractivity contribution in [1.82, 2.24) is 5.32 Å². The Morgan fingerprint density at radius 1 is 1.16 bits per heavy atom. The van der Waals surface area contributed by atoms with E-state index in [4.69, 9.17) is 9.47 Å². The van der Waals surface area contributed by atoms with E-state index in [0.717, 1.165) is 49.4 Å². The van der Waals surface area contributed by atoms with Gasteiger partial charge in [0.15, 0.2) is 0 Å². The predicted molar refractivity (Wildman–Crippen MR) is 83.0 cm³/mol. The molecule has 0 fully saturated rings. The van der Waals surface area contributed by atoms with Gasteiger partial charge in [-0.3, -0.25) is 0 Å². The maximum atomic E-state index is 5.62.